The summed E-state index contributed by atoms with van der Waals surface area (Å²) in [5.41, 5.74) is 0. The molecule has 0 fully saturated rings. The van der Waals surface area contributed by atoms with Crippen LogP contribution in [0.25, 0.3) is 0 Å². The molecule has 0 bridgehead atoms. The molecule has 2 rings (SSSR count). The topological polar surface area (TPSA) is 18.5 Å². The number of hydrogen-bond donors (Lipinski definition) is 0. The monoisotopic (exact) mass is 522 g/mol. The van der Waals surface area contributed by atoms with Gasteiger partial charge in [0.05, 0.1) is 13.2 Å². The zero-order valence-electron chi connectivity index (χ0n) is 12.4. The van der Waals surface area contributed by atoms with Crippen LogP contribution in [0.3, 0.4) is 0 Å². The number of benzene rings is 2. The summed E-state index contributed by atoms with van der Waals surface area (Å²) in [6.07, 6.45) is 4.55. The van der Waals surface area contributed by atoms with Crippen molar-refractivity contribution in [1.82, 2.24) is 0 Å². The Morgan fingerprint density at radius 2 is 0.909 bits per heavy atom. The first kappa shape index (κ1) is 17.8. The minimum atomic E-state index is 0.790. The Hall–Kier alpha value is -0.500. The van der Waals surface area contributed by atoms with Gasteiger partial charge in [0.15, 0.2) is 0 Å². The summed E-state index contributed by atoms with van der Waals surface area (Å²) >= 11 is 4.60. The van der Waals surface area contributed by atoms with Crippen LogP contribution in [-0.2, 0) is 0 Å². The highest BCUT2D eigenvalue weighted by Crippen LogP contribution is 2.15. The SMILES string of the molecule is Ic1ccc(OCCCCCCOc2ccc(I)cc2)cc1. The first-order valence-electron chi connectivity index (χ1n) is 7.51. The van der Waals surface area contributed by atoms with Crippen molar-refractivity contribution < 1.29 is 9.47 Å². The molecule has 22 heavy (non-hydrogen) atoms. The van der Waals surface area contributed by atoms with Gasteiger partial charge in [-0.1, -0.05) is 0 Å². The van der Waals surface area contributed by atoms with Gasteiger partial charge in [-0.25, -0.2) is 0 Å². The van der Waals surface area contributed by atoms with Crippen molar-refractivity contribution in [2.24, 2.45) is 0 Å². The quantitative estimate of drug-likeness (QED) is 0.301. The largest absolute Gasteiger partial charge is 0.494 e. The zero-order valence-corrected chi connectivity index (χ0v) is 16.7. The van der Waals surface area contributed by atoms with Gasteiger partial charge in [0.1, 0.15) is 11.5 Å². The third kappa shape index (κ3) is 7.17. The Morgan fingerprint density at radius 3 is 1.27 bits per heavy atom. The molecule has 0 saturated carbocycles. The van der Waals surface area contributed by atoms with Crippen LogP contribution in [0.15, 0.2) is 48.5 Å². The van der Waals surface area contributed by atoms with Gasteiger partial charge in [-0.05, 0) is 119 Å². The van der Waals surface area contributed by atoms with Gasteiger partial charge in [0, 0.05) is 7.14 Å². The molecule has 0 N–H and O–H groups in total. The molecule has 0 aromatic heterocycles. The van der Waals surface area contributed by atoms with Crippen LogP contribution in [0.1, 0.15) is 25.7 Å². The van der Waals surface area contributed by atoms with Crippen LogP contribution in [0, 0.1) is 7.14 Å². The van der Waals surface area contributed by atoms with Crippen molar-refractivity contribution >= 4 is 45.2 Å². The first-order chi connectivity index (χ1) is 10.7. The van der Waals surface area contributed by atoms with E-state index in [1.54, 1.807) is 0 Å². The van der Waals surface area contributed by atoms with E-state index in [0.717, 1.165) is 37.6 Å². The summed E-state index contributed by atoms with van der Waals surface area (Å²) in [7, 11) is 0. The van der Waals surface area contributed by atoms with Crippen molar-refractivity contribution in [2.75, 3.05) is 13.2 Å². The molecule has 0 aliphatic rings. The van der Waals surface area contributed by atoms with Crippen molar-refractivity contribution in [2.45, 2.75) is 25.7 Å². The minimum Gasteiger partial charge on any atom is -0.494 e. The molecule has 0 aliphatic heterocycles. The normalized spacial score (nSPS) is 10.5. The first-order valence-corrected chi connectivity index (χ1v) is 9.66. The fourth-order valence-corrected chi connectivity index (χ4v) is 2.72. The summed E-state index contributed by atoms with van der Waals surface area (Å²) in [6.45, 7) is 1.58. The van der Waals surface area contributed by atoms with Crippen molar-refractivity contribution in [3.63, 3.8) is 0 Å². The predicted molar refractivity (Wildman–Crippen MR) is 108 cm³/mol. The second kappa shape index (κ2) is 10.3. The van der Waals surface area contributed by atoms with Gasteiger partial charge < -0.3 is 9.47 Å². The van der Waals surface area contributed by atoms with Crippen molar-refractivity contribution in [1.29, 1.82) is 0 Å². The molecule has 0 saturated heterocycles. The third-order valence-corrected chi connectivity index (χ3v) is 4.64. The lowest BCUT2D eigenvalue weighted by Crippen LogP contribution is -1.99. The summed E-state index contributed by atoms with van der Waals surface area (Å²) < 4.78 is 13.9. The summed E-state index contributed by atoms with van der Waals surface area (Å²) in [5, 5.41) is 0. The number of halogens is 2. The summed E-state index contributed by atoms with van der Waals surface area (Å²) in [5.74, 6) is 1.92. The van der Waals surface area contributed by atoms with E-state index in [-0.39, 0.29) is 0 Å². The minimum absolute atomic E-state index is 0.790. The van der Waals surface area contributed by atoms with Crippen LogP contribution < -0.4 is 9.47 Å². The van der Waals surface area contributed by atoms with Gasteiger partial charge in [-0.15, -0.1) is 0 Å². The molecule has 2 nitrogen and oxygen atoms in total. The molecular formula is C18H20I2O2. The van der Waals surface area contributed by atoms with Gasteiger partial charge in [-0.2, -0.15) is 0 Å². The molecule has 0 spiro atoms. The molecule has 118 valence electrons. The van der Waals surface area contributed by atoms with E-state index in [2.05, 4.69) is 69.4 Å². The predicted octanol–water partition coefficient (Wildman–Crippen LogP) is 5.91. The van der Waals surface area contributed by atoms with E-state index in [0.29, 0.717) is 0 Å². The molecule has 0 radical (unpaired) electrons. The molecule has 0 amide bonds. The Bertz CT molecular complexity index is 487. The Labute approximate surface area is 159 Å². The lowest BCUT2D eigenvalue weighted by Gasteiger charge is -2.07. The van der Waals surface area contributed by atoms with E-state index >= 15 is 0 Å². The second-order valence-corrected chi connectivity index (χ2v) is 7.51. The molecule has 2 aromatic carbocycles. The highest BCUT2D eigenvalue weighted by molar-refractivity contribution is 14.1. The zero-order chi connectivity index (χ0) is 15.6. The number of hydrogen-bond acceptors (Lipinski definition) is 2. The lowest BCUT2D eigenvalue weighted by atomic mass is 10.2. The highest BCUT2D eigenvalue weighted by atomic mass is 127. The van der Waals surface area contributed by atoms with Crippen molar-refractivity contribution in [3.05, 3.63) is 55.7 Å². The maximum atomic E-state index is 5.71. The van der Waals surface area contributed by atoms with Crippen LogP contribution in [0.4, 0.5) is 0 Å². The van der Waals surface area contributed by atoms with Gasteiger partial charge in [-0.3, -0.25) is 0 Å². The molecule has 0 aliphatic carbocycles. The van der Waals surface area contributed by atoms with Crippen molar-refractivity contribution in [3.8, 4) is 11.5 Å². The van der Waals surface area contributed by atoms with Gasteiger partial charge in [0.25, 0.3) is 0 Å². The smallest absolute Gasteiger partial charge is 0.119 e. The number of unbranched alkanes of at least 4 members (excludes halogenated alkanes) is 3. The third-order valence-electron chi connectivity index (χ3n) is 3.20. The average Bonchev–Trinajstić information content (AvgIpc) is 2.53. The number of rotatable bonds is 9. The average molecular weight is 522 g/mol. The molecule has 0 unspecified atom stereocenters. The van der Waals surface area contributed by atoms with Gasteiger partial charge in [0.2, 0.25) is 0 Å². The fourth-order valence-electron chi connectivity index (χ4n) is 2.00. The van der Waals surface area contributed by atoms with Gasteiger partial charge >= 0.3 is 0 Å². The standard InChI is InChI=1S/C18H20I2O2/c19-15-5-9-17(10-6-15)21-13-3-1-2-4-14-22-18-11-7-16(20)8-12-18/h5-12H,1-4,13-14H2. The highest BCUT2D eigenvalue weighted by Gasteiger charge is 1.96. The summed E-state index contributed by atoms with van der Waals surface area (Å²) in [6, 6.07) is 16.4. The second-order valence-electron chi connectivity index (χ2n) is 5.02. The van der Waals surface area contributed by atoms with E-state index in [1.165, 1.54) is 20.0 Å². The van der Waals surface area contributed by atoms with E-state index in [4.69, 9.17) is 9.47 Å². The van der Waals surface area contributed by atoms with E-state index in [1.807, 2.05) is 24.3 Å². The van der Waals surface area contributed by atoms with Crippen LogP contribution in [-0.4, -0.2) is 13.2 Å². The number of ether oxygens (including phenoxy) is 2. The maximum absolute atomic E-state index is 5.71. The maximum Gasteiger partial charge on any atom is 0.119 e. The Kier molecular flexibility index (Phi) is 8.36. The molecule has 0 heterocycles. The van der Waals surface area contributed by atoms with Crippen LogP contribution >= 0.6 is 45.2 Å². The Morgan fingerprint density at radius 1 is 0.545 bits per heavy atom. The molecular weight excluding hydrogens is 502 g/mol. The van der Waals surface area contributed by atoms with Crippen LogP contribution in [0.2, 0.25) is 0 Å². The lowest BCUT2D eigenvalue weighted by molar-refractivity contribution is 0.287. The van der Waals surface area contributed by atoms with E-state index in [9.17, 15) is 0 Å². The van der Waals surface area contributed by atoms with Crippen LogP contribution in [0.5, 0.6) is 11.5 Å². The molecule has 2 aromatic rings. The Balaban J connectivity index is 1.47. The molecule has 4 heteroatoms. The fraction of sp³-hybridized carbons (Fsp3) is 0.333. The summed E-state index contributed by atoms with van der Waals surface area (Å²) in [4.78, 5) is 0. The molecule has 0 atom stereocenters. The van der Waals surface area contributed by atoms with E-state index < -0.39 is 0 Å².